The van der Waals surface area contributed by atoms with Gasteiger partial charge in [0.25, 0.3) is 0 Å². The molecule has 0 saturated heterocycles. The Morgan fingerprint density at radius 2 is 1.79 bits per heavy atom. The molecule has 0 aliphatic rings. The van der Waals surface area contributed by atoms with Crippen LogP contribution in [0, 0.1) is 11.6 Å². The van der Waals surface area contributed by atoms with Gasteiger partial charge >= 0.3 is 6.61 Å². The second kappa shape index (κ2) is 4.48. The molecule has 1 rings (SSSR count). The van der Waals surface area contributed by atoms with Crippen LogP contribution < -0.4 is 4.74 Å². The van der Waals surface area contributed by atoms with Crippen molar-refractivity contribution in [2.75, 3.05) is 0 Å². The van der Waals surface area contributed by atoms with Crippen LogP contribution in [0.3, 0.4) is 0 Å². The lowest BCUT2D eigenvalue weighted by atomic mass is 10.3. The van der Waals surface area contributed by atoms with Crippen molar-refractivity contribution in [2.45, 2.75) is 6.61 Å². The largest absolute Gasteiger partial charge is 0.430 e. The van der Waals surface area contributed by atoms with E-state index in [0.717, 1.165) is 6.07 Å². The maximum Gasteiger partial charge on any atom is 0.387 e. The fourth-order valence-electron chi connectivity index (χ4n) is 0.744. The minimum absolute atomic E-state index is 0.0899. The topological polar surface area (TPSA) is 9.23 Å². The minimum atomic E-state index is -3.21. The summed E-state index contributed by atoms with van der Waals surface area (Å²) in [6.45, 7) is -3.21. The van der Waals surface area contributed by atoms with Crippen LogP contribution in [0.5, 0.6) is 5.75 Å². The second-order valence-electron chi connectivity index (χ2n) is 2.18. The van der Waals surface area contributed by atoms with E-state index in [2.05, 4.69) is 36.6 Å². The Morgan fingerprint density at radius 3 is 2.29 bits per heavy atom. The minimum Gasteiger partial charge on any atom is -0.430 e. The predicted molar refractivity (Wildman–Crippen MR) is 48.4 cm³/mol. The summed E-state index contributed by atoms with van der Waals surface area (Å²) in [6.07, 6.45) is 0. The van der Waals surface area contributed by atoms with Gasteiger partial charge in [0.1, 0.15) is 0 Å². The number of alkyl halides is 2. The van der Waals surface area contributed by atoms with Crippen LogP contribution in [0.2, 0.25) is 0 Å². The first-order valence-electron chi connectivity index (χ1n) is 3.21. The Balaban J connectivity index is 3.25. The highest BCUT2D eigenvalue weighted by Gasteiger charge is 2.20. The Bertz CT molecular complexity index is 330. The van der Waals surface area contributed by atoms with E-state index in [9.17, 15) is 17.6 Å². The Hall–Kier alpha value is -0.300. The van der Waals surface area contributed by atoms with Gasteiger partial charge in [0, 0.05) is 4.47 Å². The highest BCUT2D eigenvalue weighted by Crippen LogP contribution is 2.37. The van der Waals surface area contributed by atoms with Crippen molar-refractivity contribution < 1.29 is 22.3 Å². The van der Waals surface area contributed by atoms with Crippen LogP contribution in [0.4, 0.5) is 17.6 Å². The molecule has 14 heavy (non-hydrogen) atoms. The summed E-state index contributed by atoms with van der Waals surface area (Å²) in [5.41, 5.74) is 0. The third-order valence-electron chi connectivity index (χ3n) is 1.28. The predicted octanol–water partition coefficient (Wildman–Crippen LogP) is 4.09. The lowest BCUT2D eigenvalue weighted by molar-refractivity contribution is -0.0531. The maximum atomic E-state index is 12.9. The fraction of sp³-hybridized carbons (Fsp3) is 0.143. The molecule has 0 aliphatic carbocycles. The molecule has 0 spiro atoms. The van der Waals surface area contributed by atoms with Gasteiger partial charge in [-0.1, -0.05) is 0 Å². The van der Waals surface area contributed by atoms with Crippen molar-refractivity contribution >= 4 is 31.9 Å². The van der Waals surface area contributed by atoms with E-state index in [4.69, 9.17) is 0 Å². The van der Waals surface area contributed by atoms with E-state index in [-0.39, 0.29) is 8.95 Å². The van der Waals surface area contributed by atoms with Gasteiger partial charge in [0.15, 0.2) is 11.6 Å². The van der Waals surface area contributed by atoms with Crippen LogP contribution >= 0.6 is 31.9 Å². The van der Waals surface area contributed by atoms with Gasteiger partial charge < -0.3 is 4.74 Å². The van der Waals surface area contributed by atoms with Gasteiger partial charge in [-0.25, -0.2) is 4.39 Å². The maximum absolute atomic E-state index is 12.9. The zero-order chi connectivity index (χ0) is 10.9. The molecule has 0 aliphatic heterocycles. The molecule has 0 bridgehead atoms. The van der Waals surface area contributed by atoms with E-state index in [1.54, 1.807) is 0 Å². The third kappa shape index (κ3) is 2.38. The normalized spacial score (nSPS) is 10.8. The third-order valence-corrected chi connectivity index (χ3v) is 3.22. The van der Waals surface area contributed by atoms with Crippen LogP contribution in [0.25, 0.3) is 0 Å². The lowest BCUT2D eigenvalue weighted by Gasteiger charge is -2.09. The highest BCUT2D eigenvalue weighted by atomic mass is 79.9. The summed E-state index contributed by atoms with van der Waals surface area (Å²) in [6, 6.07) is 0.803. The fourth-order valence-corrected chi connectivity index (χ4v) is 1.51. The number of halogens is 6. The molecule has 1 aromatic rings. The quantitative estimate of drug-likeness (QED) is 0.583. The molecular formula is C7H2Br2F4O. The summed E-state index contributed by atoms with van der Waals surface area (Å²) in [7, 11) is 0. The molecule has 0 N–H and O–H groups in total. The number of rotatable bonds is 2. The molecule has 0 unspecified atom stereocenters. The number of benzene rings is 1. The molecule has 0 aromatic heterocycles. The SMILES string of the molecule is Fc1cc(Br)c(Br)c(OC(F)F)c1F. The molecule has 1 aromatic carbocycles. The molecule has 0 saturated carbocycles. The molecule has 0 radical (unpaired) electrons. The standard InChI is InChI=1S/C7H2Br2F4O/c8-2-1-3(10)5(11)6(4(2)9)14-7(12)13/h1,7H. The first-order chi connectivity index (χ1) is 6.43. The average molecular weight is 338 g/mol. The van der Waals surface area contributed by atoms with Gasteiger partial charge in [-0.2, -0.15) is 13.2 Å². The van der Waals surface area contributed by atoms with E-state index in [1.807, 2.05) is 0 Å². The van der Waals surface area contributed by atoms with E-state index < -0.39 is 24.0 Å². The summed E-state index contributed by atoms with van der Waals surface area (Å²) < 4.78 is 53.0. The lowest BCUT2D eigenvalue weighted by Crippen LogP contribution is -2.05. The summed E-state index contributed by atoms with van der Waals surface area (Å²) in [5, 5.41) is 0. The van der Waals surface area contributed by atoms with Gasteiger partial charge in [-0.15, -0.1) is 0 Å². The Kier molecular flexibility index (Phi) is 3.77. The summed E-state index contributed by atoms with van der Waals surface area (Å²) in [4.78, 5) is 0. The van der Waals surface area contributed by atoms with Crippen molar-refractivity contribution in [1.82, 2.24) is 0 Å². The zero-order valence-electron chi connectivity index (χ0n) is 6.33. The van der Waals surface area contributed by atoms with Crippen molar-refractivity contribution in [2.24, 2.45) is 0 Å². The molecule has 0 atom stereocenters. The molecule has 0 fully saturated rings. The van der Waals surface area contributed by atoms with E-state index in [1.165, 1.54) is 0 Å². The van der Waals surface area contributed by atoms with Crippen molar-refractivity contribution in [3.05, 3.63) is 26.6 Å². The molecule has 7 heteroatoms. The van der Waals surface area contributed by atoms with Crippen LogP contribution in [-0.4, -0.2) is 6.61 Å². The molecule has 0 amide bonds. The average Bonchev–Trinajstić information content (AvgIpc) is 2.09. The Morgan fingerprint density at radius 1 is 1.21 bits per heavy atom. The van der Waals surface area contributed by atoms with Crippen LogP contribution in [0.15, 0.2) is 15.0 Å². The molecule has 0 heterocycles. The van der Waals surface area contributed by atoms with Gasteiger partial charge in [0.2, 0.25) is 5.82 Å². The van der Waals surface area contributed by atoms with Gasteiger partial charge in [-0.05, 0) is 37.9 Å². The van der Waals surface area contributed by atoms with E-state index >= 15 is 0 Å². The van der Waals surface area contributed by atoms with Crippen LogP contribution in [0.1, 0.15) is 0 Å². The second-order valence-corrected chi connectivity index (χ2v) is 3.82. The van der Waals surface area contributed by atoms with Gasteiger partial charge in [-0.3, -0.25) is 0 Å². The number of ether oxygens (including phenoxy) is 1. The summed E-state index contributed by atoms with van der Waals surface area (Å²) in [5.74, 6) is -3.58. The van der Waals surface area contributed by atoms with E-state index in [0.29, 0.717) is 0 Å². The monoisotopic (exact) mass is 336 g/mol. The summed E-state index contributed by atoms with van der Waals surface area (Å²) >= 11 is 5.62. The molecular weight excluding hydrogens is 336 g/mol. The van der Waals surface area contributed by atoms with Crippen molar-refractivity contribution in [1.29, 1.82) is 0 Å². The Labute approximate surface area is 93.3 Å². The van der Waals surface area contributed by atoms with Crippen LogP contribution in [-0.2, 0) is 0 Å². The highest BCUT2D eigenvalue weighted by molar-refractivity contribution is 9.13. The first kappa shape index (κ1) is 11.8. The number of hydrogen-bond acceptors (Lipinski definition) is 1. The number of hydrogen-bond donors (Lipinski definition) is 0. The zero-order valence-corrected chi connectivity index (χ0v) is 9.50. The van der Waals surface area contributed by atoms with Gasteiger partial charge in [0.05, 0.1) is 4.47 Å². The van der Waals surface area contributed by atoms with Crippen molar-refractivity contribution in [3.8, 4) is 5.75 Å². The first-order valence-corrected chi connectivity index (χ1v) is 4.80. The molecule has 1 nitrogen and oxygen atoms in total. The molecule has 78 valence electrons. The smallest absolute Gasteiger partial charge is 0.387 e. The van der Waals surface area contributed by atoms with Crippen molar-refractivity contribution in [3.63, 3.8) is 0 Å².